The zero-order chi connectivity index (χ0) is 25.2. The van der Waals surface area contributed by atoms with E-state index >= 15 is 0 Å². The van der Waals surface area contributed by atoms with Crippen molar-refractivity contribution in [1.29, 1.82) is 0 Å². The second-order valence-electron chi connectivity index (χ2n) is 10.0. The van der Waals surface area contributed by atoms with Crippen molar-refractivity contribution in [2.45, 2.75) is 57.3 Å². The number of hydrogen-bond donors (Lipinski definition) is 2. The van der Waals surface area contributed by atoms with Gasteiger partial charge in [0.25, 0.3) is 5.56 Å². The Kier molecular flexibility index (Phi) is 5.23. The Balaban J connectivity index is 1.42. The number of rotatable bonds is 5. The number of aromatic nitrogens is 5. The van der Waals surface area contributed by atoms with Crippen molar-refractivity contribution in [2.75, 3.05) is 11.9 Å². The van der Waals surface area contributed by atoms with Crippen LogP contribution in [0.15, 0.2) is 34.6 Å². The van der Waals surface area contributed by atoms with Crippen LogP contribution in [0.1, 0.15) is 49.4 Å². The van der Waals surface area contributed by atoms with Crippen molar-refractivity contribution >= 4 is 34.0 Å². The highest BCUT2D eigenvalue weighted by atomic mass is 32.1. The molecule has 4 heterocycles. The normalized spacial score (nSPS) is 17.4. The summed E-state index contributed by atoms with van der Waals surface area (Å²) in [6.07, 6.45) is -1.30. The van der Waals surface area contributed by atoms with Gasteiger partial charge in [-0.25, -0.2) is 19.3 Å². The number of alkyl halides is 3. The molecule has 1 aliphatic heterocycles. The molecule has 0 radical (unpaired) electrons. The zero-order valence-electron chi connectivity index (χ0n) is 19.7. The molecule has 0 bridgehead atoms. The molecule has 6 rings (SSSR count). The maximum atomic E-state index is 13.4. The van der Waals surface area contributed by atoms with Gasteiger partial charge in [0, 0.05) is 41.7 Å². The molecule has 0 amide bonds. The molecule has 1 fully saturated rings. The van der Waals surface area contributed by atoms with E-state index in [2.05, 4.69) is 45.5 Å². The highest BCUT2D eigenvalue weighted by Crippen LogP contribution is 2.41. The molecule has 0 atom stereocenters. The fourth-order valence-electron chi connectivity index (χ4n) is 4.75. The Hall–Kier alpha value is -3.25. The first-order valence-corrected chi connectivity index (χ1v) is 12.6. The van der Waals surface area contributed by atoms with E-state index in [1.165, 1.54) is 27.8 Å². The monoisotopic (exact) mass is 515 g/mol. The standard InChI is InChI=1S/C24H24F3N7OS/c1-23(2)11-28-8-14-7-15(5-6-17(14)23)30-21-29-9-16-19(32-21)34(33(20(16)35)12-24(25,26)27)22-31-18(10-36-22)13-3-4-13/h5-7,9-10,13,28H,3-4,8,11-12H2,1-2H3,(H,29,30,32). The van der Waals surface area contributed by atoms with Crippen molar-refractivity contribution < 1.29 is 13.2 Å². The summed E-state index contributed by atoms with van der Waals surface area (Å²) in [6.45, 7) is 4.54. The van der Waals surface area contributed by atoms with Crippen LogP contribution in [-0.2, 0) is 18.5 Å². The molecule has 2 N–H and O–H groups in total. The third-order valence-corrected chi connectivity index (χ3v) is 7.50. The highest BCUT2D eigenvalue weighted by molar-refractivity contribution is 7.12. The smallest absolute Gasteiger partial charge is 0.324 e. The predicted molar refractivity (Wildman–Crippen MR) is 131 cm³/mol. The van der Waals surface area contributed by atoms with Crippen LogP contribution in [0.4, 0.5) is 24.8 Å². The first kappa shape index (κ1) is 23.2. The molecule has 1 aliphatic carbocycles. The number of nitrogens with one attached hydrogen (secondary N) is 2. The lowest BCUT2D eigenvalue weighted by Gasteiger charge is -2.33. The molecular weight excluding hydrogens is 491 g/mol. The minimum absolute atomic E-state index is 0.00404. The van der Waals surface area contributed by atoms with Crippen LogP contribution in [0.2, 0.25) is 0 Å². The van der Waals surface area contributed by atoms with Crippen molar-refractivity contribution in [2.24, 2.45) is 0 Å². The van der Waals surface area contributed by atoms with Gasteiger partial charge in [0.1, 0.15) is 11.9 Å². The molecule has 3 aromatic heterocycles. The summed E-state index contributed by atoms with van der Waals surface area (Å²) >= 11 is 1.20. The quantitative estimate of drug-likeness (QED) is 0.404. The second-order valence-corrected chi connectivity index (χ2v) is 10.9. The Bertz CT molecular complexity index is 1530. The fraction of sp³-hybridized carbons (Fsp3) is 0.417. The van der Waals surface area contributed by atoms with Crippen molar-refractivity contribution in [3.05, 3.63) is 57.0 Å². The van der Waals surface area contributed by atoms with E-state index in [4.69, 9.17) is 0 Å². The molecule has 36 heavy (non-hydrogen) atoms. The third kappa shape index (κ3) is 4.17. The van der Waals surface area contributed by atoms with E-state index in [1.54, 1.807) is 0 Å². The van der Waals surface area contributed by atoms with E-state index in [0.29, 0.717) is 10.6 Å². The van der Waals surface area contributed by atoms with E-state index < -0.39 is 18.3 Å². The van der Waals surface area contributed by atoms with Crippen molar-refractivity contribution in [3.63, 3.8) is 0 Å². The molecule has 1 aromatic carbocycles. The number of thiazole rings is 1. The van der Waals surface area contributed by atoms with Gasteiger partial charge >= 0.3 is 6.18 Å². The number of hydrogen-bond acceptors (Lipinski definition) is 7. The van der Waals surface area contributed by atoms with Crippen LogP contribution in [0, 0.1) is 0 Å². The van der Waals surface area contributed by atoms with Gasteiger partial charge in [0.05, 0.1) is 5.69 Å². The molecule has 0 unspecified atom stereocenters. The van der Waals surface area contributed by atoms with Gasteiger partial charge in [-0.1, -0.05) is 19.9 Å². The lowest BCUT2D eigenvalue weighted by molar-refractivity contribution is -0.144. The van der Waals surface area contributed by atoms with Gasteiger partial charge in [0.15, 0.2) is 5.65 Å². The summed E-state index contributed by atoms with van der Waals surface area (Å²) < 4.78 is 42.0. The van der Waals surface area contributed by atoms with Crippen LogP contribution in [0.3, 0.4) is 0 Å². The first-order valence-electron chi connectivity index (χ1n) is 11.7. The van der Waals surface area contributed by atoms with E-state index in [0.717, 1.165) is 42.9 Å². The van der Waals surface area contributed by atoms with Crippen molar-refractivity contribution in [3.8, 4) is 5.13 Å². The second kappa shape index (κ2) is 8.13. The Morgan fingerprint density at radius 2 is 2.06 bits per heavy atom. The van der Waals surface area contributed by atoms with Gasteiger partial charge in [0.2, 0.25) is 11.1 Å². The van der Waals surface area contributed by atoms with Crippen LogP contribution in [0.25, 0.3) is 16.2 Å². The van der Waals surface area contributed by atoms with Gasteiger partial charge in [-0.15, -0.1) is 11.3 Å². The van der Waals surface area contributed by atoms with Gasteiger partial charge in [-0.05, 0) is 36.1 Å². The lowest BCUT2D eigenvalue weighted by atomic mass is 9.79. The van der Waals surface area contributed by atoms with E-state index in [9.17, 15) is 18.0 Å². The molecule has 2 aliphatic rings. The molecule has 4 aromatic rings. The van der Waals surface area contributed by atoms with E-state index in [1.807, 2.05) is 17.5 Å². The molecule has 0 saturated heterocycles. The summed E-state index contributed by atoms with van der Waals surface area (Å²) in [5, 5.41) is 8.68. The molecule has 188 valence electrons. The van der Waals surface area contributed by atoms with Gasteiger partial charge in [-0.2, -0.15) is 18.2 Å². The minimum Gasteiger partial charge on any atom is -0.324 e. The minimum atomic E-state index is -4.59. The third-order valence-electron chi connectivity index (χ3n) is 6.66. The fourth-order valence-corrected chi connectivity index (χ4v) is 5.66. The highest BCUT2D eigenvalue weighted by Gasteiger charge is 2.33. The van der Waals surface area contributed by atoms with Crippen LogP contribution >= 0.6 is 11.3 Å². The van der Waals surface area contributed by atoms with E-state index in [-0.39, 0.29) is 27.5 Å². The molecule has 8 nitrogen and oxygen atoms in total. The number of anilines is 2. The van der Waals surface area contributed by atoms with Crippen LogP contribution in [0.5, 0.6) is 0 Å². The van der Waals surface area contributed by atoms with Gasteiger partial charge in [-0.3, -0.25) is 4.79 Å². The average molecular weight is 516 g/mol. The average Bonchev–Trinajstić information content (AvgIpc) is 3.49. The Morgan fingerprint density at radius 3 is 2.81 bits per heavy atom. The SMILES string of the molecule is CC1(C)CNCc2cc(Nc3ncc4c(=O)n(CC(F)(F)F)n(-c5nc(C6CC6)cs5)c4n3)ccc21. The number of fused-ring (bicyclic) bond motifs is 2. The predicted octanol–water partition coefficient (Wildman–Crippen LogP) is 4.60. The molecule has 12 heteroatoms. The van der Waals surface area contributed by atoms with Gasteiger partial charge < -0.3 is 10.6 Å². The summed E-state index contributed by atoms with van der Waals surface area (Å²) in [4.78, 5) is 26.2. The summed E-state index contributed by atoms with van der Waals surface area (Å²) in [5.74, 6) is 0.511. The maximum absolute atomic E-state index is 13.4. The Morgan fingerprint density at radius 1 is 1.25 bits per heavy atom. The molecule has 0 spiro atoms. The molecule has 1 saturated carbocycles. The topological polar surface area (TPSA) is 89.7 Å². The maximum Gasteiger partial charge on any atom is 0.408 e. The van der Waals surface area contributed by atoms with Crippen LogP contribution < -0.4 is 16.2 Å². The largest absolute Gasteiger partial charge is 0.408 e. The number of benzene rings is 1. The van der Waals surface area contributed by atoms with Crippen LogP contribution in [-0.4, -0.2) is 37.0 Å². The first-order chi connectivity index (χ1) is 17.1. The lowest BCUT2D eigenvalue weighted by Crippen LogP contribution is -2.38. The summed E-state index contributed by atoms with van der Waals surface area (Å²) in [7, 11) is 0. The summed E-state index contributed by atoms with van der Waals surface area (Å²) in [5.41, 5.74) is 3.28. The zero-order valence-corrected chi connectivity index (χ0v) is 20.5. The molecular formula is C24H24F3N7OS. The van der Waals surface area contributed by atoms with Crippen molar-refractivity contribution in [1.82, 2.24) is 29.6 Å². The number of nitrogens with zero attached hydrogens (tertiary/aromatic N) is 5. The Labute approximate surface area is 208 Å². The number of halogens is 3. The summed E-state index contributed by atoms with van der Waals surface area (Å²) in [6, 6.07) is 6.02.